The summed E-state index contributed by atoms with van der Waals surface area (Å²) in [6, 6.07) is 10.7. The second-order valence-electron chi connectivity index (χ2n) is 3.91. The monoisotopic (exact) mass is 189 g/mol. The summed E-state index contributed by atoms with van der Waals surface area (Å²) in [5.74, 6) is 0. The van der Waals surface area contributed by atoms with Crippen LogP contribution in [0.25, 0.3) is 0 Å². The van der Waals surface area contributed by atoms with E-state index >= 15 is 0 Å². The van der Waals surface area contributed by atoms with Crippen LogP contribution in [0.3, 0.4) is 0 Å². The lowest BCUT2D eigenvalue weighted by atomic mass is 9.96. The Morgan fingerprint density at radius 3 is 2.43 bits per heavy atom. The molecule has 75 valence electrons. The number of nitrogens with one attached hydrogen (secondary N) is 1. The van der Waals surface area contributed by atoms with Gasteiger partial charge in [0.15, 0.2) is 0 Å². The Morgan fingerprint density at radius 2 is 1.71 bits per heavy atom. The van der Waals surface area contributed by atoms with Gasteiger partial charge in [0, 0.05) is 6.04 Å². The number of hydrogen-bond donors (Lipinski definition) is 1. The number of para-hydroxylation sites is 1. The zero-order valence-corrected chi connectivity index (χ0v) is 8.45. The first-order chi connectivity index (χ1) is 6.95. The maximum atomic E-state index is 4.38. The molecule has 0 aromatic heterocycles. The standard InChI is InChI=1S/C12H17N2/c1-3-7-11(8-4-1)13-14-12-9-5-2-6-10-12/h1,3-4,7-8,12,14H,2,5-6,9-10H2. The molecule has 0 spiro atoms. The smallest absolute Gasteiger partial charge is 0.0774 e. The predicted octanol–water partition coefficient (Wildman–Crippen LogP) is 2.76. The summed E-state index contributed by atoms with van der Waals surface area (Å²) in [5.41, 5.74) is 8.67. The van der Waals surface area contributed by atoms with Crippen molar-refractivity contribution in [1.29, 1.82) is 0 Å². The fourth-order valence-corrected chi connectivity index (χ4v) is 1.90. The van der Waals surface area contributed by atoms with E-state index in [1.165, 1.54) is 32.1 Å². The maximum absolute atomic E-state index is 4.38. The third-order valence-electron chi connectivity index (χ3n) is 2.74. The van der Waals surface area contributed by atoms with Gasteiger partial charge in [-0.1, -0.05) is 37.5 Å². The molecule has 0 aliphatic heterocycles. The summed E-state index contributed by atoms with van der Waals surface area (Å²) in [5, 5.41) is 0. The Morgan fingerprint density at radius 1 is 1.00 bits per heavy atom. The minimum Gasteiger partial charge on any atom is -0.210 e. The molecule has 1 aromatic rings. The molecule has 0 atom stereocenters. The Balaban J connectivity index is 1.76. The zero-order valence-electron chi connectivity index (χ0n) is 8.45. The van der Waals surface area contributed by atoms with Crippen molar-refractivity contribution in [2.24, 2.45) is 0 Å². The molecule has 1 fully saturated rings. The molecule has 1 radical (unpaired) electrons. The van der Waals surface area contributed by atoms with Crippen LogP contribution in [0.15, 0.2) is 30.3 Å². The van der Waals surface area contributed by atoms with E-state index in [0.717, 1.165) is 5.69 Å². The summed E-state index contributed by atoms with van der Waals surface area (Å²) in [6.45, 7) is 0. The lowest BCUT2D eigenvalue weighted by molar-refractivity contribution is 0.354. The van der Waals surface area contributed by atoms with E-state index in [9.17, 15) is 0 Å². The molecule has 2 heteroatoms. The molecule has 1 aliphatic carbocycles. The van der Waals surface area contributed by atoms with Gasteiger partial charge in [-0.15, -0.1) is 0 Å². The van der Waals surface area contributed by atoms with E-state index in [-0.39, 0.29) is 0 Å². The molecule has 0 amide bonds. The molecule has 0 saturated heterocycles. The first kappa shape index (κ1) is 9.53. The minimum absolute atomic E-state index is 0.601. The third kappa shape index (κ3) is 2.74. The highest BCUT2D eigenvalue weighted by atomic mass is 15.4. The molecule has 0 heterocycles. The Labute approximate surface area is 85.7 Å². The van der Waals surface area contributed by atoms with E-state index in [1.807, 2.05) is 30.3 Å². The van der Waals surface area contributed by atoms with Gasteiger partial charge in [0.05, 0.1) is 5.69 Å². The maximum Gasteiger partial charge on any atom is 0.0774 e. The molecule has 0 unspecified atom stereocenters. The van der Waals surface area contributed by atoms with Crippen LogP contribution in [0.1, 0.15) is 32.1 Å². The molecular weight excluding hydrogens is 172 g/mol. The Bertz CT molecular complexity index is 252. The fraction of sp³-hybridized carbons (Fsp3) is 0.500. The summed E-state index contributed by atoms with van der Waals surface area (Å²) in [6.07, 6.45) is 6.64. The first-order valence-electron chi connectivity index (χ1n) is 5.46. The zero-order chi connectivity index (χ0) is 9.64. The highest BCUT2D eigenvalue weighted by molar-refractivity contribution is 5.33. The van der Waals surface area contributed by atoms with Crippen molar-refractivity contribution in [3.8, 4) is 0 Å². The summed E-state index contributed by atoms with van der Waals surface area (Å²) in [4.78, 5) is 0. The van der Waals surface area contributed by atoms with Crippen LogP contribution in [0.2, 0.25) is 0 Å². The van der Waals surface area contributed by atoms with Gasteiger partial charge in [-0.2, -0.15) is 0 Å². The van der Waals surface area contributed by atoms with Gasteiger partial charge >= 0.3 is 0 Å². The van der Waals surface area contributed by atoms with Crippen molar-refractivity contribution < 1.29 is 0 Å². The number of benzene rings is 1. The number of hydrogen-bond acceptors (Lipinski definition) is 1. The Kier molecular flexibility index (Phi) is 3.41. The predicted molar refractivity (Wildman–Crippen MR) is 58.2 cm³/mol. The van der Waals surface area contributed by atoms with Crippen LogP contribution in [0.5, 0.6) is 0 Å². The molecule has 2 nitrogen and oxygen atoms in total. The van der Waals surface area contributed by atoms with Gasteiger partial charge < -0.3 is 0 Å². The second-order valence-corrected chi connectivity index (χ2v) is 3.91. The minimum atomic E-state index is 0.601. The van der Waals surface area contributed by atoms with E-state index in [1.54, 1.807) is 0 Å². The van der Waals surface area contributed by atoms with Crippen molar-refractivity contribution in [2.75, 3.05) is 0 Å². The average molecular weight is 189 g/mol. The topological polar surface area (TPSA) is 26.1 Å². The van der Waals surface area contributed by atoms with Crippen LogP contribution in [-0.2, 0) is 0 Å². The van der Waals surface area contributed by atoms with Crippen LogP contribution in [-0.4, -0.2) is 6.04 Å². The highest BCUT2D eigenvalue weighted by Gasteiger charge is 2.12. The summed E-state index contributed by atoms with van der Waals surface area (Å²) < 4.78 is 0. The lowest BCUT2D eigenvalue weighted by Crippen LogP contribution is -2.34. The van der Waals surface area contributed by atoms with Crippen molar-refractivity contribution in [3.05, 3.63) is 30.3 Å². The quantitative estimate of drug-likeness (QED) is 0.727. The van der Waals surface area contributed by atoms with Crippen molar-refractivity contribution in [3.63, 3.8) is 0 Å². The fourth-order valence-electron chi connectivity index (χ4n) is 1.90. The normalized spacial score (nSPS) is 18.0. The van der Waals surface area contributed by atoms with Crippen LogP contribution < -0.4 is 10.9 Å². The van der Waals surface area contributed by atoms with Gasteiger partial charge in [0.25, 0.3) is 0 Å². The molecular formula is C12H17N2. The van der Waals surface area contributed by atoms with Crippen molar-refractivity contribution >= 4 is 5.69 Å². The molecule has 2 rings (SSSR count). The molecule has 0 bridgehead atoms. The van der Waals surface area contributed by atoms with Gasteiger partial charge in [0.1, 0.15) is 0 Å². The summed E-state index contributed by atoms with van der Waals surface area (Å²) >= 11 is 0. The van der Waals surface area contributed by atoms with E-state index in [4.69, 9.17) is 0 Å². The molecule has 1 aromatic carbocycles. The molecule has 1 N–H and O–H groups in total. The van der Waals surface area contributed by atoms with Crippen LogP contribution in [0, 0.1) is 0 Å². The highest BCUT2D eigenvalue weighted by Crippen LogP contribution is 2.17. The van der Waals surface area contributed by atoms with Crippen LogP contribution >= 0.6 is 0 Å². The van der Waals surface area contributed by atoms with E-state index in [0.29, 0.717) is 6.04 Å². The van der Waals surface area contributed by atoms with E-state index < -0.39 is 0 Å². The number of rotatable bonds is 3. The third-order valence-corrected chi connectivity index (χ3v) is 2.74. The molecule has 14 heavy (non-hydrogen) atoms. The average Bonchev–Trinajstić information content (AvgIpc) is 2.29. The van der Waals surface area contributed by atoms with Gasteiger partial charge in [-0.3, -0.25) is 0 Å². The van der Waals surface area contributed by atoms with Crippen molar-refractivity contribution in [1.82, 2.24) is 10.9 Å². The van der Waals surface area contributed by atoms with Crippen LogP contribution in [0.4, 0.5) is 5.69 Å². The Hall–Kier alpha value is -1.02. The molecule has 1 aliphatic rings. The van der Waals surface area contributed by atoms with Gasteiger partial charge in [-0.05, 0) is 25.0 Å². The first-order valence-corrected chi connectivity index (χ1v) is 5.46. The van der Waals surface area contributed by atoms with Gasteiger partial charge in [0.2, 0.25) is 0 Å². The SMILES string of the molecule is c1ccc([N]NC2CCCCC2)cc1. The summed E-state index contributed by atoms with van der Waals surface area (Å²) in [7, 11) is 0. The molecule has 1 saturated carbocycles. The van der Waals surface area contributed by atoms with Crippen molar-refractivity contribution in [2.45, 2.75) is 38.1 Å². The lowest BCUT2D eigenvalue weighted by Gasteiger charge is -2.21. The van der Waals surface area contributed by atoms with Gasteiger partial charge in [-0.25, -0.2) is 10.9 Å². The van der Waals surface area contributed by atoms with E-state index in [2.05, 4.69) is 10.9 Å². The number of nitrogens with zero attached hydrogens (tertiary/aromatic N) is 1. The largest absolute Gasteiger partial charge is 0.210 e. The second kappa shape index (κ2) is 5.01.